The maximum absolute atomic E-state index is 10.9. The Morgan fingerprint density at radius 2 is 1.45 bits per heavy atom. The molecular weight excluding hydrogens is 448 g/mol. The van der Waals surface area contributed by atoms with Gasteiger partial charge in [-0.05, 0) is 25.7 Å². The Morgan fingerprint density at radius 1 is 0.909 bits per heavy atom. The number of hydrogen-bond acceptors (Lipinski definition) is 7. The molecule has 0 saturated carbocycles. The van der Waals surface area contributed by atoms with Gasteiger partial charge in [0.05, 0.1) is 13.2 Å². The highest BCUT2D eigenvalue weighted by Gasteiger charge is 2.40. The number of aliphatic hydroxyl groups is 2. The van der Waals surface area contributed by atoms with Gasteiger partial charge in [-0.1, -0.05) is 83.3 Å². The van der Waals surface area contributed by atoms with E-state index >= 15 is 0 Å². The van der Waals surface area contributed by atoms with Gasteiger partial charge in [0, 0.05) is 6.42 Å². The lowest BCUT2D eigenvalue weighted by atomic mass is 10.0. The lowest BCUT2D eigenvalue weighted by Crippen LogP contribution is -2.52. The number of allylic oxidation sites excluding steroid dienone is 2. The Hall–Kier alpha value is -0.550. The lowest BCUT2D eigenvalue weighted by molar-refractivity contribution is -0.253. The van der Waals surface area contributed by atoms with E-state index in [9.17, 15) is 18.6 Å². The van der Waals surface area contributed by atoms with Crippen LogP contribution in [0.3, 0.4) is 0 Å². The third-order valence-electron chi connectivity index (χ3n) is 5.90. The Morgan fingerprint density at radius 3 is 2.00 bits per heavy atom. The molecule has 33 heavy (non-hydrogen) atoms. The number of aliphatic hydroxyl groups excluding tert-OH is 2. The third-order valence-corrected chi connectivity index (χ3v) is 6.39. The van der Waals surface area contributed by atoms with Crippen LogP contribution in [0, 0.1) is 0 Å². The summed E-state index contributed by atoms with van der Waals surface area (Å²) >= 11 is 0. The second-order valence-electron chi connectivity index (χ2n) is 8.88. The second kappa shape index (κ2) is 18.7. The van der Waals surface area contributed by atoms with Gasteiger partial charge in [-0.25, -0.2) is 4.18 Å². The SMILES string of the molecule is CCCCCCCCCCCCC/C=C/CCCOC1CC(OS(=O)(=O)O)C(O)C(CO)O1. The number of ether oxygens (including phenoxy) is 2. The van der Waals surface area contributed by atoms with Crippen molar-refractivity contribution in [1.82, 2.24) is 0 Å². The van der Waals surface area contributed by atoms with Crippen LogP contribution in [-0.2, 0) is 24.1 Å². The summed E-state index contributed by atoms with van der Waals surface area (Å²) in [6.45, 7) is 2.12. The molecule has 0 aromatic carbocycles. The average molecular weight is 495 g/mol. The van der Waals surface area contributed by atoms with Crippen molar-refractivity contribution in [2.24, 2.45) is 0 Å². The molecule has 1 heterocycles. The summed E-state index contributed by atoms with van der Waals surface area (Å²) in [6, 6.07) is 0. The normalized spacial score (nSPS) is 24.0. The molecule has 0 aromatic heterocycles. The summed E-state index contributed by atoms with van der Waals surface area (Å²) in [6.07, 6.45) is 17.3. The van der Waals surface area contributed by atoms with Crippen molar-refractivity contribution in [3.63, 3.8) is 0 Å². The zero-order chi connectivity index (χ0) is 24.4. The number of unbranched alkanes of at least 4 members (excludes halogenated alkanes) is 12. The van der Waals surface area contributed by atoms with Gasteiger partial charge in [-0.3, -0.25) is 4.55 Å². The van der Waals surface area contributed by atoms with Crippen molar-refractivity contribution in [2.75, 3.05) is 13.2 Å². The van der Waals surface area contributed by atoms with Gasteiger partial charge in [0.25, 0.3) is 0 Å². The van der Waals surface area contributed by atoms with E-state index in [1.807, 2.05) is 0 Å². The first-order valence-electron chi connectivity index (χ1n) is 12.7. The van der Waals surface area contributed by atoms with Crippen LogP contribution in [0.5, 0.6) is 0 Å². The molecule has 1 aliphatic rings. The van der Waals surface area contributed by atoms with Gasteiger partial charge < -0.3 is 19.7 Å². The minimum Gasteiger partial charge on any atom is -0.394 e. The minimum atomic E-state index is -4.73. The summed E-state index contributed by atoms with van der Waals surface area (Å²) in [5.41, 5.74) is 0. The first-order valence-corrected chi connectivity index (χ1v) is 14.1. The van der Waals surface area contributed by atoms with Crippen LogP contribution in [0.15, 0.2) is 12.2 Å². The van der Waals surface area contributed by atoms with Crippen molar-refractivity contribution >= 4 is 10.4 Å². The predicted octanol–water partition coefficient (Wildman–Crippen LogP) is 4.70. The van der Waals surface area contributed by atoms with Crippen LogP contribution in [0.25, 0.3) is 0 Å². The first-order chi connectivity index (χ1) is 15.9. The maximum Gasteiger partial charge on any atom is 0.397 e. The van der Waals surface area contributed by atoms with Crippen molar-refractivity contribution in [3.8, 4) is 0 Å². The van der Waals surface area contributed by atoms with Crippen LogP contribution >= 0.6 is 0 Å². The molecule has 0 spiro atoms. The Kier molecular flexibility index (Phi) is 17.3. The predicted molar refractivity (Wildman–Crippen MR) is 128 cm³/mol. The molecular formula is C24H46O8S. The molecule has 0 amide bonds. The summed E-state index contributed by atoms with van der Waals surface area (Å²) < 4.78 is 46.2. The number of hydrogen-bond donors (Lipinski definition) is 3. The molecule has 3 N–H and O–H groups in total. The molecule has 1 rings (SSSR count). The third kappa shape index (κ3) is 15.9. The Labute approximate surface area is 200 Å². The van der Waals surface area contributed by atoms with E-state index in [2.05, 4.69) is 23.3 Å². The minimum absolute atomic E-state index is 0.0633. The fraction of sp³-hybridized carbons (Fsp3) is 0.917. The van der Waals surface area contributed by atoms with Gasteiger partial charge in [-0.15, -0.1) is 0 Å². The van der Waals surface area contributed by atoms with E-state index in [-0.39, 0.29) is 6.42 Å². The smallest absolute Gasteiger partial charge is 0.394 e. The highest BCUT2D eigenvalue weighted by molar-refractivity contribution is 7.80. The van der Waals surface area contributed by atoms with Crippen LogP contribution < -0.4 is 0 Å². The monoisotopic (exact) mass is 494 g/mol. The zero-order valence-corrected chi connectivity index (χ0v) is 21.1. The summed E-state index contributed by atoms with van der Waals surface area (Å²) in [4.78, 5) is 0. The highest BCUT2D eigenvalue weighted by Crippen LogP contribution is 2.25. The number of rotatable bonds is 20. The molecule has 8 nitrogen and oxygen atoms in total. The fourth-order valence-corrected chi connectivity index (χ4v) is 4.49. The van der Waals surface area contributed by atoms with Gasteiger partial charge in [0.2, 0.25) is 0 Å². The van der Waals surface area contributed by atoms with E-state index in [1.165, 1.54) is 70.6 Å². The van der Waals surface area contributed by atoms with Crippen molar-refractivity contribution in [1.29, 1.82) is 0 Å². The molecule has 4 atom stereocenters. The van der Waals surface area contributed by atoms with Gasteiger partial charge in [0.1, 0.15) is 18.3 Å². The quantitative estimate of drug-likeness (QED) is 0.126. The second-order valence-corrected chi connectivity index (χ2v) is 9.93. The van der Waals surface area contributed by atoms with Crippen molar-refractivity contribution in [3.05, 3.63) is 12.2 Å². The average Bonchev–Trinajstić information content (AvgIpc) is 2.76. The molecule has 0 bridgehead atoms. The summed E-state index contributed by atoms with van der Waals surface area (Å²) in [5, 5.41) is 19.3. The highest BCUT2D eigenvalue weighted by atomic mass is 32.3. The molecule has 4 unspecified atom stereocenters. The molecule has 1 fully saturated rings. The molecule has 0 aromatic rings. The molecule has 0 aliphatic carbocycles. The molecule has 1 aliphatic heterocycles. The lowest BCUT2D eigenvalue weighted by Gasteiger charge is -2.37. The topological polar surface area (TPSA) is 123 Å². The largest absolute Gasteiger partial charge is 0.397 e. The van der Waals surface area contributed by atoms with Crippen LogP contribution in [0.1, 0.15) is 103 Å². The fourth-order valence-electron chi connectivity index (χ4n) is 3.99. The summed E-state index contributed by atoms with van der Waals surface area (Å²) in [5.74, 6) is 0. The van der Waals surface area contributed by atoms with E-state index in [0.717, 1.165) is 19.3 Å². The van der Waals surface area contributed by atoms with E-state index < -0.39 is 41.6 Å². The molecule has 196 valence electrons. The van der Waals surface area contributed by atoms with Crippen LogP contribution in [0.2, 0.25) is 0 Å². The van der Waals surface area contributed by atoms with Crippen LogP contribution in [-0.4, -0.2) is 61.0 Å². The summed E-state index contributed by atoms with van der Waals surface area (Å²) in [7, 11) is -4.73. The van der Waals surface area contributed by atoms with Crippen molar-refractivity contribution < 1.29 is 36.8 Å². The van der Waals surface area contributed by atoms with E-state index in [0.29, 0.717) is 6.61 Å². The maximum atomic E-state index is 10.9. The first kappa shape index (κ1) is 30.5. The molecule has 0 radical (unpaired) electrons. The van der Waals surface area contributed by atoms with Gasteiger partial charge in [0.15, 0.2) is 6.29 Å². The van der Waals surface area contributed by atoms with Gasteiger partial charge in [-0.2, -0.15) is 8.42 Å². The zero-order valence-electron chi connectivity index (χ0n) is 20.3. The standard InChI is InChI=1S/C24H46O8S/c1-2-3-4-5-6-7-8-9-10-11-12-13-14-15-16-17-18-30-23-19-21(32-33(27,28)29)24(26)22(20-25)31-23/h14-15,21-26H,2-13,16-20H2,1H3,(H,27,28,29)/b15-14+. The Balaban J connectivity index is 2.02. The van der Waals surface area contributed by atoms with E-state index in [4.69, 9.17) is 14.0 Å². The molecule has 9 heteroatoms. The van der Waals surface area contributed by atoms with Gasteiger partial charge >= 0.3 is 10.4 Å². The Bertz CT molecular complexity index is 595. The molecule has 1 saturated heterocycles. The van der Waals surface area contributed by atoms with Crippen LogP contribution in [0.4, 0.5) is 0 Å². The van der Waals surface area contributed by atoms with Crippen molar-refractivity contribution in [2.45, 2.75) is 128 Å². The van der Waals surface area contributed by atoms with E-state index in [1.54, 1.807) is 0 Å².